The van der Waals surface area contributed by atoms with E-state index in [2.05, 4.69) is 11.1 Å². The Kier molecular flexibility index (Phi) is 2.52. The fourth-order valence-electron chi connectivity index (χ4n) is 1.00. The van der Waals surface area contributed by atoms with Crippen LogP contribution >= 0.6 is 11.8 Å². The van der Waals surface area contributed by atoms with Gasteiger partial charge in [0.1, 0.15) is 12.3 Å². The zero-order valence-electron chi connectivity index (χ0n) is 7.18. The average molecular weight is 202 g/mol. The molecule has 3 nitrogen and oxygen atoms in total. The lowest BCUT2D eigenvalue weighted by Gasteiger charge is -1.98. The van der Waals surface area contributed by atoms with E-state index in [1.54, 1.807) is 12.3 Å². The molecule has 0 spiro atoms. The summed E-state index contributed by atoms with van der Waals surface area (Å²) in [5.41, 5.74) is 0.635. The molecule has 0 aliphatic heterocycles. The van der Waals surface area contributed by atoms with Gasteiger partial charge in [-0.3, -0.25) is 0 Å². The predicted octanol–water partition coefficient (Wildman–Crippen LogP) is 2.70. The number of rotatable bonds is 2. The van der Waals surface area contributed by atoms with Crippen molar-refractivity contribution in [3.63, 3.8) is 0 Å². The standard InChI is InChI=1S/C10H6N2OS/c11-7-8-3-1-2-4-9(8)14-10-12-5-6-13-10/h1-6H. The molecule has 68 valence electrons. The summed E-state index contributed by atoms with van der Waals surface area (Å²) in [4.78, 5) is 4.83. The highest BCUT2D eigenvalue weighted by Gasteiger charge is 2.05. The largest absolute Gasteiger partial charge is 0.440 e. The van der Waals surface area contributed by atoms with Crippen LogP contribution in [0.15, 0.2) is 51.3 Å². The molecule has 0 saturated carbocycles. The molecular formula is C10H6N2OS. The first-order valence-electron chi connectivity index (χ1n) is 3.96. The van der Waals surface area contributed by atoms with E-state index in [-0.39, 0.29) is 0 Å². The summed E-state index contributed by atoms with van der Waals surface area (Å²) in [5, 5.41) is 9.38. The SMILES string of the molecule is N#Cc1ccccc1Sc1ncco1. The molecule has 1 aromatic carbocycles. The summed E-state index contributed by atoms with van der Waals surface area (Å²) in [6.45, 7) is 0. The topological polar surface area (TPSA) is 49.8 Å². The van der Waals surface area contributed by atoms with E-state index in [0.717, 1.165) is 4.90 Å². The highest BCUT2D eigenvalue weighted by molar-refractivity contribution is 7.99. The van der Waals surface area contributed by atoms with Crippen molar-refractivity contribution in [3.05, 3.63) is 42.3 Å². The van der Waals surface area contributed by atoms with Crippen LogP contribution in [-0.4, -0.2) is 4.98 Å². The van der Waals surface area contributed by atoms with Crippen LogP contribution < -0.4 is 0 Å². The summed E-state index contributed by atoms with van der Waals surface area (Å²) < 4.78 is 5.08. The van der Waals surface area contributed by atoms with E-state index in [1.807, 2.05) is 18.2 Å². The van der Waals surface area contributed by atoms with Crippen molar-refractivity contribution in [3.8, 4) is 6.07 Å². The molecule has 1 aromatic heterocycles. The maximum atomic E-state index is 8.83. The van der Waals surface area contributed by atoms with Gasteiger partial charge in [0, 0.05) is 4.90 Å². The Labute approximate surface area is 85.4 Å². The average Bonchev–Trinajstić information content (AvgIpc) is 2.71. The summed E-state index contributed by atoms with van der Waals surface area (Å²) in [5.74, 6) is 0. The van der Waals surface area contributed by atoms with Crippen LogP contribution in [0.3, 0.4) is 0 Å². The second-order valence-corrected chi connectivity index (χ2v) is 3.50. The molecule has 0 fully saturated rings. The second kappa shape index (κ2) is 3.99. The Bertz CT molecular complexity index is 459. The van der Waals surface area contributed by atoms with Gasteiger partial charge in [0.15, 0.2) is 0 Å². The maximum absolute atomic E-state index is 8.83. The minimum atomic E-state index is 0.549. The van der Waals surface area contributed by atoms with Gasteiger partial charge in [-0.15, -0.1) is 0 Å². The number of nitriles is 1. The van der Waals surface area contributed by atoms with Gasteiger partial charge in [0.2, 0.25) is 0 Å². The minimum Gasteiger partial charge on any atom is -0.440 e. The van der Waals surface area contributed by atoms with E-state index >= 15 is 0 Å². The Balaban J connectivity index is 2.30. The maximum Gasteiger partial charge on any atom is 0.260 e. The van der Waals surface area contributed by atoms with Crippen LogP contribution in [0.25, 0.3) is 0 Å². The first-order valence-corrected chi connectivity index (χ1v) is 4.78. The Morgan fingerprint density at radius 2 is 2.21 bits per heavy atom. The van der Waals surface area contributed by atoms with Crippen LogP contribution in [0, 0.1) is 11.3 Å². The first kappa shape index (κ1) is 8.85. The highest BCUT2D eigenvalue weighted by Crippen LogP contribution is 2.28. The number of aromatic nitrogens is 1. The molecule has 0 amide bonds. The van der Waals surface area contributed by atoms with Gasteiger partial charge >= 0.3 is 0 Å². The van der Waals surface area contributed by atoms with Crippen molar-refractivity contribution >= 4 is 11.8 Å². The van der Waals surface area contributed by atoms with Crippen molar-refractivity contribution in [2.24, 2.45) is 0 Å². The Hall–Kier alpha value is -1.73. The van der Waals surface area contributed by atoms with Crippen molar-refractivity contribution in [1.82, 2.24) is 4.98 Å². The molecule has 2 aromatic rings. The van der Waals surface area contributed by atoms with Crippen LogP contribution in [0.1, 0.15) is 5.56 Å². The molecule has 0 saturated heterocycles. The molecule has 0 aliphatic carbocycles. The molecule has 0 N–H and O–H groups in total. The van der Waals surface area contributed by atoms with Gasteiger partial charge < -0.3 is 4.42 Å². The first-order chi connectivity index (χ1) is 6.90. The molecule has 0 aliphatic rings. The Morgan fingerprint density at radius 1 is 1.36 bits per heavy atom. The number of hydrogen-bond donors (Lipinski definition) is 0. The second-order valence-electron chi connectivity index (χ2n) is 2.51. The van der Waals surface area contributed by atoms with E-state index < -0.39 is 0 Å². The van der Waals surface area contributed by atoms with Crippen molar-refractivity contribution < 1.29 is 4.42 Å². The van der Waals surface area contributed by atoms with Crippen LogP contribution in [-0.2, 0) is 0 Å². The molecule has 0 radical (unpaired) electrons. The van der Waals surface area contributed by atoms with Gasteiger partial charge in [0.05, 0.1) is 11.8 Å². The molecular weight excluding hydrogens is 196 g/mol. The molecule has 14 heavy (non-hydrogen) atoms. The zero-order chi connectivity index (χ0) is 9.80. The third-order valence-corrected chi connectivity index (χ3v) is 2.57. The molecule has 0 bridgehead atoms. The predicted molar refractivity (Wildman–Crippen MR) is 51.8 cm³/mol. The van der Waals surface area contributed by atoms with Gasteiger partial charge in [-0.05, 0) is 23.9 Å². The van der Waals surface area contributed by atoms with Crippen LogP contribution in [0.4, 0.5) is 0 Å². The lowest BCUT2D eigenvalue weighted by molar-refractivity contribution is 0.454. The van der Waals surface area contributed by atoms with Crippen LogP contribution in [0.5, 0.6) is 0 Å². The Morgan fingerprint density at radius 3 is 2.93 bits per heavy atom. The molecule has 0 atom stereocenters. The summed E-state index contributed by atoms with van der Waals surface area (Å²) in [7, 11) is 0. The minimum absolute atomic E-state index is 0.549. The smallest absolute Gasteiger partial charge is 0.260 e. The number of benzene rings is 1. The quantitative estimate of drug-likeness (QED) is 0.751. The molecule has 4 heteroatoms. The summed E-state index contributed by atoms with van der Waals surface area (Å²) >= 11 is 1.35. The van der Waals surface area contributed by atoms with Crippen molar-refractivity contribution in [2.45, 2.75) is 10.1 Å². The van der Waals surface area contributed by atoms with Crippen molar-refractivity contribution in [2.75, 3.05) is 0 Å². The van der Waals surface area contributed by atoms with Gasteiger partial charge in [-0.25, -0.2) is 4.98 Å². The normalized spacial score (nSPS) is 9.64. The monoisotopic (exact) mass is 202 g/mol. The number of hydrogen-bond acceptors (Lipinski definition) is 4. The van der Waals surface area contributed by atoms with Gasteiger partial charge in [0.25, 0.3) is 5.22 Å². The van der Waals surface area contributed by atoms with Crippen molar-refractivity contribution in [1.29, 1.82) is 5.26 Å². The van der Waals surface area contributed by atoms with E-state index in [9.17, 15) is 0 Å². The van der Waals surface area contributed by atoms with E-state index in [1.165, 1.54) is 18.0 Å². The fourth-order valence-corrected chi connectivity index (χ4v) is 1.78. The highest BCUT2D eigenvalue weighted by atomic mass is 32.2. The molecule has 1 heterocycles. The van der Waals surface area contributed by atoms with Gasteiger partial charge in [-0.1, -0.05) is 12.1 Å². The molecule has 2 rings (SSSR count). The summed E-state index contributed by atoms with van der Waals surface area (Å²) in [6, 6.07) is 9.47. The lowest BCUT2D eigenvalue weighted by atomic mass is 10.2. The van der Waals surface area contributed by atoms with E-state index in [0.29, 0.717) is 10.8 Å². The summed E-state index contributed by atoms with van der Waals surface area (Å²) in [6.07, 6.45) is 3.09. The lowest BCUT2D eigenvalue weighted by Crippen LogP contribution is -1.79. The van der Waals surface area contributed by atoms with Gasteiger partial charge in [-0.2, -0.15) is 5.26 Å². The van der Waals surface area contributed by atoms with Crippen LogP contribution in [0.2, 0.25) is 0 Å². The third-order valence-electron chi connectivity index (χ3n) is 1.61. The third kappa shape index (κ3) is 1.78. The fraction of sp³-hybridized carbons (Fsp3) is 0. The number of oxazole rings is 1. The number of nitrogens with zero attached hydrogens (tertiary/aromatic N) is 2. The molecule has 0 unspecified atom stereocenters. The zero-order valence-corrected chi connectivity index (χ0v) is 7.99. The van der Waals surface area contributed by atoms with E-state index in [4.69, 9.17) is 9.68 Å².